The number of hydrogen-bond acceptors (Lipinski definition) is 2. The maximum Gasteiger partial charge on any atom is 0.137 e. The summed E-state index contributed by atoms with van der Waals surface area (Å²) >= 11 is 23.9. The third-order valence-electron chi connectivity index (χ3n) is 3.24. The minimum absolute atomic E-state index is 0.0287. The van der Waals surface area contributed by atoms with Gasteiger partial charge in [0, 0.05) is 21.0 Å². The van der Waals surface area contributed by atoms with Crippen LogP contribution in [-0.4, -0.2) is 18.3 Å². The Morgan fingerprint density at radius 2 is 1.55 bits per heavy atom. The Morgan fingerprint density at radius 1 is 0.909 bits per heavy atom. The molecule has 0 radical (unpaired) electrons. The molecule has 2 rings (SSSR count). The molecule has 0 aromatic heterocycles. The zero-order valence-electron chi connectivity index (χ0n) is 11.5. The van der Waals surface area contributed by atoms with Crippen molar-refractivity contribution in [3.63, 3.8) is 0 Å². The third-order valence-corrected chi connectivity index (χ3v) is 4.33. The van der Waals surface area contributed by atoms with E-state index in [1.54, 1.807) is 30.3 Å². The van der Waals surface area contributed by atoms with Gasteiger partial charge in [0.15, 0.2) is 0 Å². The number of rotatable bonds is 6. The van der Waals surface area contributed by atoms with E-state index in [1.165, 1.54) is 0 Å². The van der Waals surface area contributed by atoms with Gasteiger partial charge in [-0.2, -0.15) is 0 Å². The van der Waals surface area contributed by atoms with Gasteiger partial charge in [-0.1, -0.05) is 52.5 Å². The van der Waals surface area contributed by atoms with Crippen LogP contribution in [0.3, 0.4) is 0 Å². The molecule has 0 aliphatic rings. The van der Waals surface area contributed by atoms with Crippen LogP contribution in [0.15, 0.2) is 36.4 Å². The average Bonchev–Trinajstić information content (AvgIpc) is 2.46. The number of benzene rings is 2. The zero-order valence-corrected chi connectivity index (χ0v) is 14.6. The molecule has 0 heterocycles. The molecule has 2 nitrogen and oxygen atoms in total. The van der Waals surface area contributed by atoms with E-state index in [0.717, 1.165) is 5.56 Å². The molecule has 0 unspecified atom stereocenters. The van der Waals surface area contributed by atoms with Crippen molar-refractivity contribution in [1.82, 2.24) is 0 Å². The van der Waals surface area contributed by atoms with E-state index in [4.69, 9.17) is 51.1 Å². The van der Waals surface area contributed by atoms with Gasteiger partial charge in [0.25, 0.3) is 0 Å². The van der Waals surface area contributed by atoms with E-state index >= 15 is 0 Å². The fourth-order valence-electron chi connectivity index (χ4n) is 2.08. The Balaban J connectivity index is 1.99. The van der Waals surface area contributed by atoms with Crippen molar-refractivity contribution >= 4 is 46.4 Å². The predicted molar refractivity (Wildman–Crippen MR) is 92.9 cm³/mol. The molecule has 2 aromatic carbocycles. The van der Waals surface area contributed by atoms with Crippen LogP contribution in [0.5, 0.6) is 5.75 Å². The molecule has 0 saturated carbocycles. The van der Waals surface area contributed by atoms with E-state index in [1.807, 2.05) is 6.07 Å². The van der Waals surface area contributed by atoms with E-state index in [9.17, 15) is 5.11 Å². The van der Waals surface area contributed by atoms with E-state index < -0.39 is 0 Å². The number of hydrogen-bond donors (Lipinski definition) is 1. The first-order valence-corrected chi connectivity index (χ1v) is 8.16. The van der Waals surface area contributed by atoms with Gasteiger partial charge >= 0.3 is 0 Å². The molecule has 0 aliphatic carbocycles. The second kappa shape index (κ2) is 8.28. The summed E-state index contributed by atoms with van der Waals surface area (Å²) in [5.74, 6) is 0.431. The molecule has 0 bridgehead atoms. The normalized spacial score (nSPS) is 12.2. The van der Waals surface area contributed by atoms with Crippen LogP contribution in [0, 0.1) is 0 Å². The summed E-state index contributed by atoms with van der Waals surface area (Å²) in [7, 11) is 0. The summed E-state index contributed by atoms with van der Waals surface area (Å²) in [5.41, 5.74) is 0.847. The van der Waals surface area contributed by atoms with Crippen molar-refractivity contribution in [2.24, 2.45) is 0 Å². The van der Waals surface area contributed by atoms with Gasteiger partial charge in [-0.3, -0.25) is 0 Å². The maximum atomic E-state index is 9.57. The van der Waals surface area contributed by atoms with Gasteiger partial charge in [-0.15, -0.1) is 0 Å². The van der Waals surface area contributed by atoms with Crippen molar-refractivity contribution < 1.29 is 9.84 Å². The largest absolute Gasteiger partial charge is 0.492 e. The highest BCUT2D eigenvalue weighted by Crippen LogP contribution is 2.31. The summed E-state index contributed by atoms with van der Waals surface area (Å²) in [6, 6.07) is 10.3. The first-order valence-electron chi connectivity index (χ1n) is 6.65. The summed E-state index contributed by atoms with van der Waals surface area (Å²) < 4.78 is 5.64. The standard InChI is InChI=1S/C16H14Cl4O2/c17-11-1-3-13(14(19)7-11)10(9-21)5-6-22-16-4-2-12(18)8-15(16)20/h1-4,7-8,10,21H,5-6,9H2/t10-/m1/s1. The maximum absolute atomic E-state index is 9.57. The molecule has 22 heavy (non-hydrogen) atoms. The quantitative estimate of drug-likeness (QED) is 0.682. The topological polar surface area (TPSA) is 29.5 Å². The van der Waals surface area contributed by atoms with Gasteiger partial charge in [0.2, 0.25) is 0 Å². The molecule has 0 spiro atoms. The second-order valence-corrected chi connectivity index (χ2v) is 6.44. The third kappa shape index (κ3) is 4.68. The molecule has 2 aromatic rings. The molecular formula is C16H14Cl4O2. The highest BCUT2D eigenvalue weighted by atomic mass is 35.5. The Morgan fingerprint density at radius 3 is 2.14 bits per heavy atom. The molecule has 1 atom stereocenters. The number of ether oxygens (including phenoxy) is 1. The van der Waals surface area contributed by atoms with Gasteiger partial charge in [-0.05, 0) is 42.3 Å². The second-order valence-electron chi connectivity index (χ2n) is 4.76. The molecule has 1 N–H and O–H groups in total. The molecule has 6 heteroatoms. The van der Waals surface area contributed by atoms with Crippen LogP contribution in [-0.2, 0) is 0 Å². The van der Waals surface area contributed by atoms with Crippen molar-refractivity contribution in [2.45, 2.75) is 12.3 Å². The smallest absolute Gasteiger partial charge is 0.137 e. The monoisotopic (exact) mass is 378 g/mol. The predicted octanol–water partition coefficient (Wildman–Crippen LogP) is 5.85. The molecule has 0 amide bonds. The summed E-state index contributed by atoms with van der Waals surface area (Å²) in [6.45, 7) is 0.366. The van der Waals surface area contributed by atoms with Crippen molar-refractivity contribution in [1.29, 1.82) is 0 Å². The first kappa shape index (κ1) is 17.7. The van der Waals surface area contributed by atoms with Gasteiger partial charge < -0.3 is 9.84 Å². The lowest BCUT2D eigenvalue weighted by molar-refractivity contribution is 0.229. The molecule has 0 aliphatic heterocycles. The van der Waals surface area contributed by atoms with Crippen LogP contribution in [0.25, 0.3) is 0 Å². The van der Waals surface area contributed by atoms with Crippen LogP contribution >= 0.6 is 46.4 Å². The molecule has 118 valence electrons. The van der Waals surface area contributed by atoms with E-state index in [-0.39, 0.29) is 12.5 Å². The van der Waals surface area contributed by atoms with Crippen molar-refractivity contribution in [3.05, 3.63) is 62.1 Å². The van der Waals surface area contributed by atoms with Crippen LogP contribution in [0.1, 0.15) is 17.9 Å². The molecule has 0 saturated heterocycles. The SMILES string of the molecule is OC[C@@H](CCOc1ccc(Cl)cc1Cl)c1ccc(Cl)cc1Cl. The number of aliphatic hydroxyl groups excluding tert-OH is 1. The van der Waals surface area contributed by atoms with Crippen LogP contribution in [0.2, 0.25) is 20.1 Å². The van der Waals surface area contributed by atoms with Crippen molar-refractivity contribution in [3.8, 4) is 5.75 Å². The van der Waals surface area contributed by atoms with Crippen molar-refractivity contribution in [2.75, 3.05) is 13.2 Å². The fourth-order valence-corrected chi connectivity index (χ4v) is 3.11. The lowest BCUT2D eigenvalue weighted by Gasteiger charge is -2.17. The van der Waals surface area contributed by atoms with Crippen LogP contribution in [0.4, 0.5) is 0 Å². The minimum atomic E-state index is -0.129. The Kier molecular flexibility index (Phi) is 6.66. The highest BCUT2D eigenvalue weighted by molar-refractivity contribution is 6.35. The minimum Gasteiger partial charge on any atom is -0.492 e. The fraction of sp³-hybridized carbons (Fsp3) is 0.250. The Labute approximate surface area is 149 Å². The van der Waals surface area contributed by atoms with Gasteiger partial charge in [-0.25, -0.2) is 0 Å². The number of aliphatic hydroxyl groups is 1. The lowest BCUT2D eigenvalue weighted by Crippen LogP contribution is -2.10. The van der Waals surface area contributed by atoms with Gasteiger partial charge in [0.05, 0.1) is 18.2 Å². The molecular weight excluding hydrogens is 366 g/mol. The Hall–Kier alpha value is -0.640. The molecule has 0 fully saturated rings. The average molecular weight is 380 g/mol. The Bertz CT molecular complexity index is 646. The summed E-state index contributed by atoms with van der Waals surface area (Å²) in [6.07, 6.45) is 0.594. The van der Waals surface area contributed by atoms with Gasteiger partial charge in [0.1, 0.15) is 5.75 Å². The van der Waals surface area contributed by atoms with Crippen LogP contribution < -0.4 is 4.74 Å². The highest BCUT2D eigenvalue weighted by Gasteiger charge is 2.15. The van der Waals surface area contributed by atoms with E-state index in [0.29, 0.717) is 38.9 Å². The first-order chi connectivity index (χ1) is 10.5. The lowest BCUT2D eigenvalue weighted by atomic mass is 9.97. The summed E-state index contributed by atoms with van der Waals surface area (Å²) in [4.78, 5) is 0. The zero-order chi connectivity index (χ0) is 16.1. The number of halogens is 4. The summed E-state index contributed by atoms with van der Waals surface area (Å²) in [5, 5.41) is 11.7. The van der Waals surface area contributed by atoms with E-state index in [2.05, 4.69) is 0 Å².